The van der Waals surface area contributed by atoms with Gasteiger partial charge in [-0.2, -0.15) is 13.2 Å². The third-order valence-corrected chi connectivity index (χ3v) is 4.69. The molecule has 0 bridgehead atoms. The number of hydrogen-bond donors (Lipinski definition) is 1. The van der Waals surface area contributed by atoms with Crippen LogP contribution in [0.2, 0.25) is 0 Å². The van der Waals surface area contributed by atoms with E-state index in [0.717, 1.165) is 37.1 Å². The van der Waals surface area contributed by atoms with E-state index in [-0.39, 0.29) is 0 Å². The summed E-state index contributed by atoms with van der Waals surface area (Å²) < 4.78 is 43.2. The van der Waals surface area contributed by atoms with Crippen molar-refractivity contribution in [1.82, 2.24) is 4.98 Å². The SMILES string of the molecule is [N-]=[N+]=NCCCCc1ccc(NCc2coc(/C=C/c3ccc(C(F)(F)F)cc3)n2)cc1. The summed E-state index contributed by atoms with van der Waals surface area (Å²) in [4.78, 5) is 7.09. The van der Waals surface area contributed by atoms with Crippen LogP contribution in [-0.4, -0.2) is 11.5 Å². The Morgan fingerprint density at radius 1 is 1.03 bits per heavy atom. The van der Waals surface area contributed by atoms with E-state index >= 15 is 0 Å². The molecule has 0 aliphatic rings. The lowest BCUT2D eigenvalue weighted by Crippen LogP contribution is -2.03. The molecule has 0 fully saturated rings. The fourth-order valence-electron chi connectivity index (χ4n) is 2.97. The van der Waals surface area contributed by atoms with Crippen molar-refractivity contribution in [3.8, 4) is 0 Å². The Morgan fingerprint density at radius 2 is 1.78 bits per heavy atom. The molecule has 0 saturated carbocycles. The van der Waals surface area contributed by atoms with Crippen LogP contribution in [0.15, 0.2) is 64.3 Å². The number of anilines is 1. The summed E-state index contributed by atoms with van der Waals surface area (Å²) in [5, 5.41) is 6.80. The average Bonchev–Trinajstić information content (AvgIpc) is 3.24. The van der Waals surface area contributed by atoms with Crippen molar-refractivity contribution in [3.63, 3.8) is 0 Å². The zero-order chi connectivity index (χ0) is 22.8. The molecule has 9 heteroatoms. The number of halogens is 3. The van der Waals surface area contributed by atoms with E-state index in [1.165, 1.54) is 24.0 Å². The second kappa shape index (κ2) is 11.1. The van der Waals surface area contributed by atoms with Crippen molar-refractivity contribution in [2.45, 2.75) is 32.0 Å². The highest BCUT2D eigenvalue weighted by Gasteiger charge is 2.29. The first-order valence-corrected chi connectivity index (χ1v) is 10.1. The first-order chi connectivity index (χ1) is 15.4. The van der Waals surface area contributed by atoms with Gasteiger partial charge in [-0.3, -0.25) is 0 Å². The summed E-state index contributed by atoms with van der Waals surface area (Å²) in [6.07, 6.45) is 3.22. The standard InChI is InChI=1S/C23H22F3N5O/c24-23(25,26)19-9-4-18(5-10-19)8-13-22-30-21(16-32-22)15-28-20-11-6-17(7-12-20)3-1-2-14-29-31-27/h4-13,16,28H,1-3,14-15H2/b13-8+. The zero-order valence-electron chi connectivity index (χ0n) is 17.2. The highest BCUT2D eigenvalue weighted by atomic mass is 19.4. The number of benzene rings is 2. The normalized spacial score (nSPS) is 11.5. The fourth-order valence-corrected chi connectivity index (χ4v) is 2.97. The van der Waals surface area contributed by atoms with E-state index in [1.54, 1.807) is 12.2 Å². The maximum Gasteiger partial charge on any atom is 0.416 e. The van der Waals surface area contributed by atoms with Gasteiger partial charge in [0.25, 0.3) is 0 Å². The van der Waals surface area contributed by atoms with Crippen LogP contribution in [0.4, 0.5) is 18.9 Å². The van der Waals surface area contributed by atoms with Crippen LogP contribution in [0, 0.1) is 0 Å². The average molecular weight is 441 g/mol. The highest BCUT2D eigenvalue weighted by Crippen LogP contribution is 2.29. The van der Waals surface area contributed by atoms with Crippen LogP contribution in [-0.2, 0) is 19.1 Å². The first kappa shape index (κ1) is 23.0. The Hall–Kier alpha value is -3.71. The second-order valence-electron chi connectivity index (χ2n) is 7.09. The molecule has 166 valence electrons. The third kappa shape index (κ3) is 7.21. The number of azide groups is 1. The molecule has 2 aromatic carbocycles. The predicted octanol–water partition coefficient (Wildman–Crippen LogP) is 7.11. The third-order valence-electron chi connectivity index (χ3n) is 4.69. The zero-order valence-corrected chi connectivity index (χ0v) is 17.2. The summed E-state index contributed by atoms with van der Waals surface area (Å²) in [6, 6.07) is 13.0. The molecular weight excluding hydrogens is 419 g/mol. The van der Waals surface area contributed by atoms with Gasteiger partial charge in [-0.15, -0.1) is 0 Å². The molecule has 1 aromatic heterocycles. The van der Waals surface area contributed by atoms with Crippen molar-refractivity contribution < 1.29 is 17.6 Å². The number of hydrogen-bond acceptors (Lipinski definition) is 4. The molecule has 0 amide bonds. The number of aryl methyl sites for hydroxylation is 1. The van der Waals surface area contributed by atoms with Gasteiger partial charge in [0.15, 0.2) is 0 Å². The van der Waals surface area contributed by atoms with Gasteiger partial charge < -0.3 is 9.73 Å². The van der Waals surface area contributed by atoms with Crippen molar-refractivity contribution in [3.05, 3.63) is 93.5 Å². The summed E-state index contributed by atoms with van der Waals surface area (Å²) >= 11 is 0. The molecule has 32 heavy (non-hydrogen) atoms. The van der Waals surface area contributed by atoms with Gasteiger partial charge >= 0.3 is 6.18 Å². The van der Waals surface area contributed by atoms with Crippen LogP contribution in [0.3, 0.4) is 0 Å². The van der Waals surface area contributed by atoms with Crippen molar-refractivity contribution >= 4 is 17.8 Å². The van der Waals surface area contributed by atoms with Crippen LogP contribution in [0.1, 0.15) is 41.1 Å². The van der Waals surface area contributed by atoms with Gasteiger partial charge in [0.1, 0.15) is 6.26 Å². The Bertz CT molecular complexity index is 1070. The molecule has 1 heterocycles. The van der Waals surface area contributed by atoms with Gasteiger partial charge in [-0.05, 0) is 66.3 Å². The van der Waals surface area contributed by atoms with E-state index in [9.17, 15) is 13.2 Å². The quantitative estimate of drug-likeness (QED) is 0.157. The molecule has 0 atom stereocenters. The predicted molar refractivity (Wildman–Crippen MR) is 118 cm³/mol. The number of nitrogens with zero attached hydrogens (tertiary/aromatic N) is 4. The van der Waals surface area contributed by atoms with E-state index in [1.807, 2.05) is 12.1 Å². The second-order valence-corrected chi connectivity index (χ2v) is 7.09. The monoisotopic (exact) mass is 441 g/mol. The Kier molecular flexibility index (Phi) is 7.94. The van der Waals surface area contributed by atoms with Gasteiger partial charge in [0.2, 0.25) is 5.89 Å². The van der Waals surface area contributed by atoms with Crippen molar-refractivity contribution in [1.29, 1.82) is 0 Å². The number of aromatic nitrogens is 1. The van der Waals surface area contributed by atoms with E-state index < -0.39 is 11.7 Å². The van der Waals surface area contributed by atoms with Gasteiger partial charge in [-0.1, -0.05) is 29.4 Å². The summed E-state index contributed by atoms with van der Waals surface area (Å²) in [5.41, 5.74) is 11.1. The molecule has 6 nitrogen and oxygen atoms in total. The van der Waals surface area contributed by atoms with E-state index in [0.29, 0.717) is 30.2 Å². The van der Waals surface area contributed by atoms with Gasteiger partial charge in [0.05, 0.1) is 17.8 Å². The minimum absolute atomic E-state index is 0.373. The van der Waals surface area contributed by atoms with Crippen LogP contribution < -0.4 is 5.32 Å². The molecule has 0 radical (unpaired) electrons. The lowest BCUT2D eigenvalue weighted by atomic mass is 10.1. The van der Waals surface area contributed by atoms with Crippen molar-refractivity contribution in [2.24, 2.45) is 5.11 Å². The number of nitrogens with one attached hydrogen (secondary N) is 1. The van der Waals surface area contributed by atoms with Crippen LogP contribution >= 0.6 is 0 Å². The lowest BCUT2D eigenvalue weighted by molar-refractivity contribution is -0.137. The summed E-state index contributed by atoms with van der Waals surface area (Å²) in [6.45, 7) is 0.998. The number of oxazole rings is 1. The van der Waals surface area contributed by atoms with Gasteiger partial charge in [0, 0.05) is 23.2 Å². The van der Waals surface area contributed by atoms with Gasteiger partial charge in [-0.25, -0.2) is 4.98 Å². The Labute approximate surface area is 183 Å². The Balaban J connectivity index is 1.47. The topological polar surface area (TPSA) is 86.8 Å². The minimum Gasteiger partial charge on any atom is -0.445 e. The summed E-state index contributed by atoms with van der Waals surface area (Å²) in [7, 11) is 0. The first-order valence-electron chi connectivity index (χ1n) is 10.1. The molecule has 1 N–H and O–H groups in total. The van der Waals surface area contributed by atoms with Crippen LogP contribution in [0.25, 0.3) is 22.6 Å². The molecule has 0 unspecified atom stereocenters. The number of alkyl halides is 3. The number of rotatable bonds is 10. The highest BCUT2D eigenvalue weighted by molar-refractivity contribution is 5.66. The molecule has 3 aromatic rings. The Morgan fingerprint density at radius 3 is 2.47 bits per heavy atom. The fraction of sp³-hybridized carbons (Fsp3) is 0.261. The number of unbranched alkanes of at least 4 members (excludes halogenated alkanes) is 1. The molecular formula is C23H22F3N5O. The minimum atomic E-state index is -4.35. The maximum absolute atomic E-state index is 12.6. The lowest BCUT2D eigenvalue weighted by Gasteiger charge is -2.06. The molecule has 3 rings (SSSR count). The van der Waals surface area contributed by atoms with E-state index in [2.05, 4.69) is 32.5 Å². The van der Waals surface area contributed by atoms with E-state index in [4.69, 9.17) is 9.95 Å². The largest absolute Gasteiger partial charge is 0.445 e. The van der Waals surface area contributed by atoms with Crippen molar-refractivity contribution in [2.75, 3.05) is 11.9 Å². The molecule has 0 aliphatic carbocycles. The molecule has 0 saturated heterocycles. The molecule has 0 spiro atoms. The summed E-state index contributed by atoms with van der Waals surface area (Å²) in [5.74, 6) is 0.373. The smallest absolute Gasteiger partial charge is 0.416 e. The maximum atomic E-state index is 12.6. The molecule has 0 aliphatic heterocycles. The van der Waals surface area contributed by atoms with Crippen LogP contribution in [0.5, 0.6) is 0 Å².